The fourth-order valence-electron chi connectivity index (χ4n) is 10.5. The molecule has 0 aliphatic rings. The van der Waals surface area contributed by atoms with Crippen LogP contribution in [0.5, 0.6) is 0 Å². The molecule has 106 heavy (non-hydrogen) atoms. The average molecular weight is 1530 g/mol. The smallest absolute Gasteiger partial charge is 0.462 e. The summed E-state index contributed by atoms with van der Waals surface area (Å²) >= 11 is 0. The van der Waals surface area contributed by atoms with Crippen molar-refractivity contribution in [2.24, 2.45) is 0 Å². The van der Waals surface area contributed by atoms with Gasteiger partial charge in [-0.25, -0.2) is 9.13 Å². The molecule has 17 nitrogen and oxygen atoms in total. The van der Waals surface area contributed by atoms with Gasteiger partial charge in [0.2, 0.25) is 0 Å². The van der Waals surface area contributed by atoms with E-state index in [0.29, 0.717) is 38.5 Å². The summed E-state index contributed by atoms with van der Waals surface area (Å²) in [6.07, 6.45) is 89.9. The van der Waals surface area contributed by atoms with E-state index in [4.69, 9.17) is 37.0 Å². The number of phosphoric acid groups is 2. The Morgan fingerprint density at radius 2 is 0.481 bits per heavy atom. The summed E-state index contributed by atoms with van der Waals surface area (Å²) in [6, 6.07) is 0. The number of unbranched alkanes of at least 4 members (excludes halogenated alkanes) is 26. The van der Waals surface area contributed by atoms with Gasteiger partial charge in [-0.15, -0.1) is 0 Å². The molecule has 0 aromatic heterocycles. The number of hydrogen-bond acceptors (Lipinski definition) is 15. The minimum absolute atomic E-state index is 0.0298. The fraction of sp³-hybridized carbons (Fsp3) is 0.678. The number of carbonyl (C=O) groups is 4. The number of esters is 4. The molecule has 0 radical (unpaired) electrons. The van der Waals surface area contributed by atoms with E-state index in [1.165, 1.54) is 109 Å². The highest BCUT2D eigenvalue weighted by atomic mass is 31.2. The number of aliphatic hydroxyl groups excluding tert-OH is 1. The van der Waals surface area contributed by atoms with Gasteiger partial charge in [0.1, 0.15) is 19.3 Å². The molecule has 3 N–H and O–H groups in total. The molecule has 0 aliphatic carbocycles. The van der Waals surface area contributed by atoms with Gasteiger partial charge in [0, 0.05) is 25.7 Å². The predicted molar refractivity (Wildman–Crippen MR) is 436 cm³/mol. The monoisotopic (exact) mass is 1530 g/mol. The highest BCUT2D eigenvalue weighted by molar-refractivity contribution is 7.47. The summed E-state index contributed by atoms with van der Waals surface area (Å²) in [5, 5.41) is 10.6. The van der Waals surface area contributed by atoms with Crippen LogP contribution in [-0.4, -0.2) is 96.7 Å². The van der Waals surface area contributed by atoms with Crippen LogP contribution in [0.25, 0.3) is 0 Å². The second-order valence-electron chi connectivity index (χ2n) is 27.0. The molecule has 0 rings (SSSR count). The van der Waals surface area contributed by atoms with Gasteiger partial charge in [-0.1, -0.05) is 308 Å². The van der Waals surface area contributed by atoms with Gasteiger partial charge in [-0.05, 0) is 135 Å². The number of allylic oxidation sites excluding steroid dienone is 24. The summed E-state index contributed by atoms with van der Waals surface area (Å²) in [7, 11) is -10.0. The van der Waals surface area contributed by atoms with Gasteiger partial charge >= 0.3 is 39.5 Å². The Bertz CT molecular complexity index is 2580. The van der Waals surface area contributed by atoms with Crippen molar-refractivity contribution in [1.29, 1.82) is 0 Å². The zero-order valence-electron chi connectivity index (χ0n) is 66.3. The average Bonchev–Trinajstić information content (AvgIpc) is 0.902. The largest absolute Gasteiger partial charge is 0.472 e. The van der Waals surface area contributed by atoms with Crippen LogP contribution in [0.2, 0.25) is 0 Å². The highest BCUT2D eigenvalue weighted by Gasteiger charge is 2.30. The lowest BCUT2D eigenvalue weighted by Gasteiger charge is -2.21. The minimum atomic E-state index is -5.01. The van der Waals surface area contributed by atoms with E-state index in [0.717, 1.165) is 122 Å². The van der Waals surface area contributed by atoms with Gasteiger partial charge < -0.3 is 33.8 Å². The molecule has 19 heteroatoms. The molecule has 0 spiro atoms. The van der Waals surface area contributed by atoms with Crippen molar-refractivity contribution in [3.63, 3.8) is 0 Å². The number of phosphoric ester groups is 2. The minimum Gasteiger partial charge on any atom is -0.462 e. The molecular weight excluding hydrogens is 1380 g/mol. The van der Waals surface area contributed by atoms with Crippen LogP contribution in [0, 0.1) is 0 Å². The summed E-state index contributed by atoms with van der Waals surface area (Å²) in [5.41, 5.74) is 0. The van der Waals surface area contributed by atoms with Gasteiger partial charge in [0.05, 0.1) is 26.4 Å². The molecule has 5 atom stereocenters. The second kappa shape index (κ2) is 78.1. The van der Waals surface area contributed by atoms with E-state index in [9.17, 15) is 43.2 Å². The van der Waals surface area contributed by atoms with Crippen molar-refractivity contribution in [3.8, 4) is 0 Å². The maximum atomic E-state index is 13.1. The maximum absolute atomic E-state index is 13.1. The summed E-state index contributed by atoms with van der Waals surface area (Å²) in [4.78, 5) is 73.0. The molecule has 0 saturated heterocycles. The Morgan fingerprint density at radius 3 is 0.802 bits per heavy atom. The van der Waals surface area contributed by atoms with Crippen LogP contribution in [0.15, 0.2) is 146 Å². The Hall–Kier alpha value is -5.06. The van der Waals surface area contributed by atoms with E-state index in [2.05, 4.69) is 137 Å². The van der Waals surface area contributed by atoms with E-state index in [1.807, 2.05) is 36.5 Å². The second-order valence-corrected chi connectivity index (χ2v) is 29.9. The van der Waals surface area contributed by atoms with E-state index in [-0.39, 0.29) is 25.7 Å². The molecule has 0 aromatic carbocycles. The first-order valence-corrected chi connectivity index (χ1v) is 44.1. The van der Waals surface area contributed by atoms with Crippen molar-refractivity contribution in [2.45, 2.75) is 341 Å². The van der Waals surface area contributed by atoms with Gasteiger partial charge in [0.15, 0.2) is 12.2 Å². The normalized spacial score (nSPS) is 14.6. The first-order chi connectivity index (χ1) is 51.7. The predicted octanol–water partition coefficient (Wildman–Crippen LogP) is 24.2. The molecule has 0 bridgehead atoms. The lowest BCUT2D eigenvalue weighted by molar-refractivity contribution is -0.161. The van der Waals surface area contributed by atoms with Crippen molar-refractivity contribution >= 4 is 39.5 Å². The standard InChI is InChI=1S/C87H146O17P2/c1-5-9-13-17-21-25-29-33-36-38-40-42-45-48-52-56-60-64-68-72-85(90)98-78-83(103-86(91)73-69-65-61-57-53-49-44-35-31-27-23-19-15-11-7-3)80-102-106(95,96)100-76-81(88)75-99-105(93,94)101-79-82(77-97-84(89)71-67-63-59-55-51-47-32-28-24-20-16-12-8-4)104-87(92)74-70-66-62-58-54-50-46-43-41-39-37-34-30-26-22-18-14-10-6-2/h21-23,25-27,33-37,40-44,48,50,52,54,60,62,64,66,81-83,88H,5-20,24,28-32,38-39,45-47,49,51,53,55-59,61,63,65,67-80H2,1-4H3,(H,93,94)(H,95,96)/b25-21-,26-22-,27-23-,36-33-,37-34-,42-40-,43-41-,44-35-,52-48-,54-50-,64-60-,66-62-/t81-,82+,83+/m0/s1. The maximum Gasteiger partial charge on any atom is 0.472 e. The zero-order chi connectivity index (χ0) is 77.4. The summed E-state index contributed by atoms with van der Waals surface area (Å²) < 4.78 is 68.5. The van der Waals surface area contributed by atoms with Gasteiger partial charge in [0.25, 0.3) is 0 Å². The third-order valence-corrected chi connectivity index (χ3v) is 18.7. The van der Waals surface area contributed by atoms with Gasteiger partial charge in [-0.2, -0.15) is 0 Å². The van der Waals surface area contributed by atoms with Crippen molar-refractivity contribution in [2.75, 3.05) is 39.6 Å². The van der Waals surface area contributed by atoms with Crippen LogP contribution in [-0.2, 0) is 65.4 Å². The third kappa shape index (κ3) is 77.1. The zero-order valence-corrected chi connectivity index (χ0v) is 68.1. The van der Waals surface area contributed by atoms with Crippen LogP contribution in [0.4, 0.5) is 0 Å². The molecule has 0 aromatic rings. The highest BCUT2D eigenvalue weighted by Crippen LogP contribution is 2.45. The quantitative estimate of drug-likeness (QED) is 0.0169. The van der Waals surface area contributed by atoms with Gasteiger partial charge in [-0.3, -0.25) is 37.3 Å². The molecule has 606 valence electrons. The fourth-order valence-corrected chi connectivity index (χ4v) is 12.1. The first kappa shape index (κ1) is 101. The van der Waals surface area contributed by atoms with Crippen LogP contribution in [0.3, 0.4) is 0 Å². The van der Waals surface area contributed by atoms with E-state index in [1.54, 1.807) is 0 Å². The first-order valence-electron chi connectivity index (χ1n) is 41.1. The summed E-state index contributed by atoms with van der Waals surface area (Å²) in [5.74, 6) is -2.38. The third-order valence-electron chi connectivity index (χ3n) is 16.8. The molecule has 0 saturated carbocycles. The lowest BCUT2D eigenvalue weighted by atomic mass is 10.0. The van der Waals surface area contributed by atoms with Crippen molar-refractivity contribution in [1.82, 2.24) is 0 Å². The number of aliphatic hydroxyl groups is 1. The van der Waals surface area contributed by atoms with Crippen LogP contribution in [0.1, 0.15) is 323 Å². The number of rotatable bonds is 76. The number of hydrogen-bond donors (Lipinski definition) is 3. The Morgan fingerprint density at radius 1 is 0.264 bits per heavy atom. The molecule has 0 fully saturated rings. The number of ether oxygens (including phenoxy) is 4. The molecule has 2 unspecified atom stereocenters. The van der Waals surface area contributed by atoms with E-state index < -0.39 is 97.5 Å². The Labute approximate surface area is 643 Å². The molecular formula is C87H146O17P2. The lowest BCUT2D eigenvalue weighted by Crippen LogP contribution is -2.30. The molecule has 0 amide bonds. The van der Waals surface area contributed by atoms with Crippen molar-refractivity contribution < 1.29 is 80.2 Å². The Balaban J connectivity index is 5.50. The molecule has 0 heterocycles. The Kier molecular flexibility index (Phi) is 74.3. The van der Waals surface area contributed by atoms with E-state index >= 15 is 0 Å². The van der Waals surface area contributed by atoms with Crippen molar-refractivity contribution in [3.05, 3.63) is 146 Å². The SMILES string of the molecule is CCCCC/C=C\C/C=C\C/C=C\C/C=C\C/C=C\CCC(=O)OC[C@H](COP(=O)(O)OC[C@@H](O)COP(=O)(O)OC[C@@H](COC(=O)CCCCCCCCCCCCCCC)OC(=O)CC/C=C\C/C=C\C/C=C\C/C=C\C/C=C\CCCCC)OC(=O)CCCCCCC/C=C\C/C=C\CCCCC. The molecule has 0 aliphatic heterocycles. The topological polar surface area (TPSA) is 237 Å². The number of carbonyl (C=O) groups excluding carboxylic acids is 4. The summed E-state index contributed by atoms with van der Waals surface area (Å²) in [6.45, 7) is 4.62. The van der Waals surface area contributed by atoms with Crippen LogP contribution < -0.4 is 0 Å². The van der Waals surface area contributed by atoms with Crippen LogP contribution >= 0.6 is 15.6 Å².